The molecule has 0 spiro atoms. The highest BCUT2D eigenvalue weighted by Gasteiger charge is 2.33. The third kappa shape index (κ3) is 5.01. The quantitative estimate of drug-likeness (QED) is 0.568. The van der Waals surface area contributed by atoms with E-state index in [1.807, 2.05) is 36.4 Å². The second kappa shape index (κ2) is 10.0. The van der Waals surface area contributed by atoms with Gasteiger partial charge in [-0.3, -0.25) is 9.59 Å². The number of hydrogen-bond donors (Lipinski definition) is 3. The maximum absolute atomic E-state index is 12.7. The van der Waals surface area contributed by atoms with Crippen molar-refractivity contribution in [2.75, 3.05) is 20.3 Å². The molecule has 3 atom stereocenters. The van der Waals surface area contributed by atoms with Crippen LogP contribution in [0.2, 0.25) is 0 Å². The first-order valence-corrected chi connectivity index (χ1v) is 11.1. The minimum Gasteiger partial charge on any atom is -0.481 e. The summed E-state index contributed by atoms with van der Waals surface area (Å²) in [5.41, 5.74) is 4.48. The molecule has 33 heavy (non-hydrogen) atoms. The number of carbonyl (C=O) groups is 3. The predicted molar refractivity (Wildman–Crippen MR) is 121 cm³/mol. The summed E-state index contributed by atoms with van der Waals surface area (Å²) in [6.07, 6.45) is 0.789. The van der Waals surface area contributed by atoms with E-state index in [-0.39, 0.29) is 25.2 Å². The van der Waals surface area contributed by atoms with Crippen LogP contribution >= 0.6 is 0 Å². The Labute approximate surface area is 192 Å². The van der Waals surface area contributed by atoms with Crippen LogP contribution in [0.4, 0.5) is 4.79 Å². The normalized spacial score (nSPS) is 19.9. The number of ether oxygens (including phenoxy) is 2. The molecule has 174 valence electrons. The van der Waals surface area contributed by atoms with Crippen molar-refractivity contribution in [2.24, 2.45) is 5.92 Å². The Kier molecular flexibility index (Phi) is 6.93. The van der Waals surface area contributed by atoms with Crippen molar-refractivity contribution in [2.45, 2.75) is 37.3 Å². The lowest BCUT2D eigenvalue weighted by Gasteiger charge is -2.21. The second-order valence-corrected chi connectivity index (χ2v) is 8.53. The molecule has 2 aromatic carbocycles. The van der Waals surface area contributed by atoms with Crippen LogP contribution in [-0.2, 0) is 19.1 Å². The molecule has 1 saturated carbocycles. The number of carboxylic acid groups (broad SMARTS) is 1. The van der Waals surface area contributed by atoms with E-state index < -0.39 is 29.9 Å². The van der Waals surface area contributed by atoms with Crippen LogP contribution in [0.15, 0.2) is 48.5 Å². The van der Waals surface area contributed by atoms with Crippen LogP contribution in [0.1, 0.15) is 36.3 Å². The number of carbonyl (C=O) groups excluding carboxylic acids is 2. The van der Waals surface area contributed by atoms with Gasteiger partial charge in [-0.1, -0.05) is 48.5 Å². The smallest absolute Gasteiger partial charge is 0.407 e. The molecule has 3 N–H and O–H groups in total. The minimum atomic E-state index is -0.936. The van der Waals surface area contributed by atoms with Gasteiger partial charge < -0.3 is 25.2 Å². The number of fused-ring (bicyclic) bond motifs is 3. The van der Waals surface area contributed by atoms with Crippen LogP contribution in [-0.4, -0.2) is 55.5 Å². The third-order valence-electron chi connectivity index (χ3n) is 6.41. The van der Waals surface area contributed by atoms with E-state index in [1.165, 1.54) is 7.11 Å². The van der Waals surface area contributed by atoms with Gasteiger partial charge in [0.05, 0.1) is 12.5 Å². The molecule has 0 heterocycles. The molecule has 0 unspecified atom stereocenters. The highest BCUT2D eigenvalue weighted by Crippen LogP contribution is 2.44. The van der Waals surface area contributed by atoms with Gasteiger partial charge in [-0.05, 0) is 41.5 Å². The van der Waals surface area contributed by atoms with Crippen LogP contribution in [0.3, 0.4) is 0 Å². The molecule has 0 aromatic heterocycles. The molecular formula is C25H28N2O6. The molecule has 8 nitrogen and oxygen atoms in total. The van der Waals surface area contributed by atoms with Gasteiger partial charge in [0.2, 0.25) is 5.91 Å². The molecular weight excluding hydrogens is 424 g/mol. The molecule has 2 aliphatic rings. The standard InChI is InChI=1S/C25H28N2O6/c1-32-14-22(23(28)26-16-11-10-15(12-16)24(29)30)27-25(31)33-13-21-19-8-4-2-6-17(19)18-7-3-5-9-20(18)21/h2-9,15-16,21-22H,10-14H2,1H3,(H,26,28)(H,27,31)(H,29,30)/t15-,16+,22-/m0/s1. The van der Waals surface area contributed by atoms with Crippen molar-refractivity contribution in [1.82, 2.24) is 10.6 Å². The first-order chi connectivity index (χ1) is 16.0. The lowest BCUT2D eigenvalue weighted by molar-refractivity contribution is -0.141. The molecule has 8 heteroatoms. The first-order valence-electron chi connectivity index (χ1n) is 11.1. The first kappa shape index (κ1) is 22.8. The maximum atomic E-state index is 12.7. The lowest BCUT2D eigenvalue weighted by atomic mass is 9.98. The minimum absolute atomic E-state index is 0.0227. The summed E-state index contributed by atoms with van der Waals surface area (Å²) in [5, 5.41) is 14.6. The van der Waals surface area contributed by atoms with E-state index in [2.05, 4.69) is 22.8 Å². The monoisotopic (exact) mass is 452 g/mol. The molecule has 2 aromatic rings. The summed E-state index contributed by atoms with van der Waals surface area (Å²) in [5.74, 6) is -1.80. The zero-order chi connectivity index (χ0) is 23.4. The Morgan fingerprint density at radius 1 is 1.03 bits per heavy atom. The summed E-state index contributed by atoms with van der Waals surface area (Å²) in [6, 6.07) is 14.9. The van der Waals surface area contributed by atoms with Gasteiger partial charge in [-0.25, -0.2) is 4.79 Å². The summed E-state index contributed by atoms with van der Waals surface area (Å²) in [6.45, 7) is 0.120. The van der Waals surface area contributed by atoms with Gasteiger partial charge in [0.15, 0.2) is 0 Å². The van der Waals surface area contributed by atoms with Gasteiger partial charge in [0, 0.05) is 19.1 Å². The summed E-state index contributed by atoms with van der Waals surface area (Å²) in [7, 11) is 1.44. The summed E-state index contributed by atoms with van der Waals surface area (Å²) in [4.78, 5) is 36.4. The van der Waals surface area contributed by atoms with Crippen LogP contribution in [0.25, 0.3) is 11.1 Å². The SMILES string of the molecule is COC[C@H](NC(=O)OCC1c2ccccc2-c2ccccc21)C(=O)N[C@@H]1CC[C@H](C(=O)O)C1. The highest BCUT2D eigenvalue weighted by atomic mass is 16.5. The van der Waals surface area contributed by atoms with Crippen molar-refractivity contribution in [3.63, 3.8) is 0 Å². The fourth-order valence-corrected chi connectivity index (χ4v) is 4.77. The molecule has 0 aliphatic heterocycles. The third-order valence-corrected chi connectivity index (χ3v) is 6.41. The van der Waals surface area contributed by atoms with E-state index in [0.717, 1.165) is 22.3 Å². The number of methoxy groups -OCH3 is 1. The molecule has 0 bridgehead atoms. The number of benzene rings is 2. The van der Waals surface area contributed by atoms with E-state index in [4.69, 9.17) is 14.6 Å². The molecule has 2 amide bonds. The zero-order valence-electron chi connectivity index (χ0n) is 18.5. The van der Waals surface area contributed by atoms with Crippen LogP contribution < -0.4 is 10.6 Å². The van der Waals surface area contributed by atoms with E-state index in [9.17, 15) is 14.4 Å². The number of hydrogen-bond acceptors (Lipinski definition) is 5. The van der Waals surface area contributed by atoms with Crippen molar-refractivity contribution in [1.29, 1.82) is 0 Å². The number of nitrogens with one attached hydrogen (secondary N) is 2. The highest BCUT2D eigenvalue weighted by molar-refractivity contribution is 5.86. The van der Waals surface area contributed by atoms with Crippen molar-refractivity contribution in [3.8, 4) is 11.1 Å². The number of amides is 2. The van der Waals surface area contributed by atoms with Crippen molar-refractivity contribution < 1.29 is 29.0 Å². The molecule has 2 aliphatic carbocycles. The van der Waals surface area contributed by atoms with Gasteiger partial charge in [-0.15, -0.1) is 0 Å². The molecule has 0 saturated heterocycles. The van der Waals surface area contributed by atoms with Crippen molar-refractivity contribution >= 4 is 18.0 Å². The molecule has 1 fully saturated rings. The van der Waals surface area contributed by atoms with E-state index in [0.29, 0.717) is 19.3 Å². The number of alkyl carbamates (subject to hydrolysis) is 1. The number of aliphatic carboxylic acids is 1. The largest absolute Gasteiger partial charge is 0.481 e. The predicted octanol–water partition coefficient (Wildman–Crippen LogP) is 2.91. The Hall–Kier alpha value is -3.39. The summed E-state index contributed by atoms with van der Waals surface area (Å²) >= 11 is 0. The molecule has 0 radical (unpaired) electrons. The topological polar surface area (TPSA) is 114 Å². The number of carboxylic acids is 1. The Bertz CT molecular complexity index is 994. The Balaban J connectivity index is 1.35. The van der Waals surface area contributed by atoms with Crippen LogP contribution in [0, 0.1) is 5.92 Å². The Morgan fingerprint density at radius 2 is 1.67 bits per heavy atom. The lowest BCUT2D eigenvalue weighted by Crippen LogP contribution is -2.51. The molecule has 4 rings (SSSR count). The van der Waals surface area contributed by atoms with Crippen molar-refractivity contribution in [3.05, 3.63) is 59.7 Å². The second-order valence-electron chi connectivity index (χ2n) is 8.53. The fraction of sp³-hybridized carbons (Fsp3) is 0.400. The van der Waals surface area contributed by atoms with Gasteiger partial charge in [0.1, 0.15) is 12.6 Å². The average molecular weight is 453 g/mol. The number of rotatable bonds is 8. The van der Waals surface area contributed by atoms with Gasteiger partial charge in [0.25, 0.3) is 0 Å². The fourth-order valence-electron chi connectivity index (χ4n) is 4.77. The van der Waals surface area contributed by atoms with E-state index >= 15 is 0 Å². The summed E-state index contributed by atoms with van der Waals surface area (Å²) < 4.78 is 10.6. The van der Waals surface area contributed by atoms with E-state index in [1.54, 1.807) is 0 Å². The van der Waals surface area contributed by atoms with Crippen LogP contribution in [0.5, 0.6) is 0 Å². The van der Waals surface area contributed by atoms with Gasteiger partial charge in [-0.2, -0.15) is 0 Å². The maximum Gasteiger partial charge on any atom is 0.407 e. The average Bonchev–Trinajstić information content (AvgIpc) is 3.40. The Morgan fingerprint density at radius 3 is 2.24 bits per heavy atom. The zero-order valence-corrected chi connectivity index (χ0v) is 18.5. The van der Waals surface area contributed by atoms with Gasteiger partial charge >= 0.3 is 12.1 Å².